The Kier molecular flexibility index (Phi) is 10.5. The van der Waals surface area contributed by atoms with Gasteiger partial charge in [-0.2, -0.15) is 0 Å². The highest BCUT2D eigenvalue weighted by Gasteiger charge is 2.23. The smallest absolute Gasteiger partial charge is 0.273 e. The van der Waals surface area contributed by atoms with Gasteiger partial charge in [-0.15, -0.1) is 0 Å². The van der Waals surface area contributed by atoms with E-state index in [0.29, 0.717) is 24.5 Å². The molecule has 2 amide bonds. The van der Waals surface area contributed by atoms with Crippen molar-refractivity contribution in [1.82, 2.24) is 24.8 Å². The van der Waals surface area contributed by atoms with Crippen LogP contribution >= 0.6 is 0 Å². The fourth-order valence-corrected chi connectivity index (χ4v) is 3.22. The van der Waals surface area contributed by atoms with Crippen molar-refractivity contribution in [2.24, 2.45) is 0 Å². The molecule has 0 aliphatic carbocycles. The first-order chi connectivity index (χ1) is 16.5. The molecule has 0 N–H and O–H groups in total. The summed E-state index contributed by atoms with van der Waals surface area (Å²) in [6, 6.07) is 13.7. The molecule has 0 aliphatic heterocycles. The van der Waals surface area contributed by atoms with Crippen LogP contribution in [-0.4, -0.2) is 68.5 Å². The van der Waals surface area contributed by atoms with Gasteiger partial charge in [-0.1, -0.05) is 12.1 Å². The molecule has 0 bridgehead atoms. The molecule has 8 nitrogen and oxygen atoms in total. The van der Waals surface area contributed by atoms with Gasteiger partial charge < -0.3 is 9.80 Å². The molecule has 0 aromatic carbocycles. The fraction of sp³-hybridized carbons (Fsp3) is 0.308. The van der Waals surface area contributed by atoms with E-state index < -0.39 is 0 Å². The molecular formula is C26H31N5O3. The van der Waals surface area contributed by atoms with Crippen LogP contribution in [0.15, 0.2) is 67.1 Å². The predicted molar refractivity (Wildman–Crippen MR) is 131 cm³/mol. The monoisotopic (exact) mass is 461 g/mol. The lowest BCUT2D eigenvalue weighted by Gasteiger charge is -2.19. The third kappa shape index (κ3) is 6.78. The summed E-state index contributed by atoms with van der Waals surface area (Å²) in [5.74, 6) is -0.523. The van der Waals surface area contributed by atoms with Crippen LogP contribution in [0.2, 0.25) is 0 Å². The first-order valence-corrected chi connectivity index (χ1v) is 11.4. The average Bonchev–Trinajstić information content (AvgIpc) is 2.91. The number of carbonyl (C=O) groups excluding carboxylic acids is 3. The molecule has 3 heterocycles. The van der Waals surface area contributed by atoms with Gasteiger partial charge in [-0.3, -0.25) is 29.3 Å². The number of rotatable bonds is 8. The molecule has 0 fully saturated rings. The Balaban J connectivity index is 0.000000270. The van der Waals surface area contributed by atoms with Crippen molar-refractivity contribution < 1.29 is 14.4 Å². The lowest BCUT2D eigenvalue weighted by atomic mass is 10.0. The summed E-state index contributed by atoms with van der Waals surface area (Å²) >= 11 is 0. The highest BCUT2D eigenvalue weighted by atomic mass is 16.2. The first kappa shape index (κ1) is 26.3. The second-order valence-corrected chi connectivity index (χ2v) is 7.11. The second kappa shape index (κ2) is 13.6. The largest absolute Gasteiger partial charge is 0.338 e. The van der Waals surface area contributed by atoms with Crippen molar-refractivity contribution in [1.29, 1.82) is 0 Å². The number of nitrogens with zero attached hydrogens (tertiary/aromatic N) is 5. The summed E-state index contributed by atoms with van der Waals surface area (Å²) in [7, 11) is 0. The van der Waals surface area contributed by atoms with Crippen molar-refractivity contribution in [3.63, 3.8) is 0 Å². The molecule has 34 heavy (non-hydrogen) atoms. The minimum Gasteiger partial charge on any atom is -0.338 e. The molecule has 0 saturated carbocycles. The Morgan fingerprint density at radius 1 is 0.618 bits per heavy atom. The zero-order valence-electron chi connectivity index (χ0n) is 20.1. The number of aromatic nitrogens is 3. The normalized spacial score (nSPS) is 10.0. The van der Waals surface area contributed by atoms with E-state index in [9.17, 15) is 14.4 Å². The van der Waals surface area contributed by atoms with Crippen LogP contribution in [0, 0.1) is 0 Å². The molecule has 3 aromatic heterocycles. The van der Waals surface area contributed by atoms with Crippen LogP contribution in [-0.2, 0) is 0 Å². The van der Waals surface area contributed by atoms with E-state index in [1.165, 1.54) is 6.20 Å². The Morgan fingerprint density at radius 3 is 1.62 bits per heavy atom. The minimum atomic E-state index is -0.292. The van der Waals surface area contributed by atoms with Crippen molar-refractivity contribution in [2.75, 3.05) is 26.2 Å². The first-order valence-electron chi connectivity index (χ1n) is 11.4. The molecule has 0 unspecified atom stereocenters. The molecule has 0 atom stereocenters. The standard InChI is InChI=1S/C16H17N3O2.C10H14N2O/c1-3-19(4-2)16(21)14-12(8-7-11-18-14)15(20)13-9-5-6-10-17-13;1-3-12(4-2)10(13)9-7-5-6-8-11-9/h5-11H,3-4H2,1-2H3;5-8H,3-4H2,1-2H3. The van der Waals surface area contributed by atoms with Gasteiger partial charge in [0.25, 0.3) is 11.8 Å². The third-order valence-electron chi connectivity index (χ3n) is 5.14. The summed E-state index contributed by atoms with van der Waals surface area (Å²) in [6.45, 7) is 10.3. The van der Waals surface area contributed by atoms with E-state index in [0.717, 1.165) is 13.1 Å². The van der Waals surface area contributed by atoms with Crippen LogP contribution in [0.5, 0.6) is 0 Å². The van der Waals surface area contributed by atoms with E-state index in [1.807, 2.05) is 33.8 Å². The summed E-state index contributed by atoms with van der Waals surface area (Å²) in [5, 5.41) is 0. The molecule has 0 spiro atoms. The van der Waals surface area contributed by atoms with Crippen molar-refractivity contribution in [3.05, 3.63) is 89.8 Å². The molecular weight excluding hydrogens is 430 g/mol. The lowest BCUT2D eigenvalue weighted by molar-refractivity contribution is 0.0757. The zero-order chi connectivity index (χ0) is 24.9. The Labute approximate surface area is 200 Å². The Morgan fingerprint density at radius 2 is 1.12 bits per heavy atom. The zero-order valence-corrected chi connectivity index (χ0v) is 20.1. The van der Waals surface area contributed by atoms with E-state index in [1.54, 1.807) is 64.7 Å². The molecule has 0 saturated heterocycles. The molecule has 0 radical (unpaired) electrons. The summed E-state index contributed by atoms with van der Waals surface area (Å²) in [5.41, 5.74) is 1.29. The molecule has 8 heteroatoms. The minimum absolute atomic E-state index is 0.00519. The van der Waals surface area contributed by atoms with Gasteiger partial charge in [0, 0.05) is 44.8 Å². The maximum Gasteiger partial charge on any atom is 0.273 e. The van der Waals surface area contributed by atoms with E-state index >= 15 is 0 Å². The number of amides is 2. The quantitative estimate of drug-likeness (QED) is 0.474. The number of hydrogen-bond acceptors (Lipinski definition) is 6. The van der Waals surface area contributed by atoms with Crippen molar-refractivity contribution in [2.45, 2.75) is 27.7 Å². The Bertz CT molecular complexity index is 1070. The highest BCUT2D eigenvalue weighted by Crippen LogP contribution is 2.13. The van der Waals surface area contributed by atoms with Gasteiger partial charge in [0.2, 0.25) is 5.78 Å². The van der Waals surface area contributed by atoms with E-state index in [2.05, 4.69) is 15.0 Å². The van der Waals surface area contributed by atoms with Crippen LogP contribution in [0.1, 0.15) is 64.7 Å². The van der Waals surface area contributed by atoms with Gasteiger partial charge in [-0.25, -0.2) is 0 Å². The molecule has 178 valence electrons. The molecule has 0 aliphatic rings. The van der Waals surface area contributed by atoms with Gasteiger partial charge in [0.15, 0.2) is 0 Å². The van der Waals surface area contributed by atoms with Gasteiger partial charge in [0.05, 0.1) is 5.56 Å². The summed E-state index contributed by atoms with van der Waals surface area (Å²) < 4.78 is 0. The molecule has 3 rings (SSSR count). The van der Waals surface area contributed by atoms with Crippen molar-refractivity contribution in [3.8, 4) is 0 Å². The third-order valence-corrected chi connectivity index (χ3v) is 5.14. The van der Waals surface area contributed by atoms with Crippen LogP contribution in [0.4, 0.5) is 0 Å². The maximum absolute atomic E-state index is 12.5. The fourth-order valence-electron chi connectivity index (χ4n) is 3.22. The SMILES string of the molecule is CCN(CC)C(=O)c1ccccn1.CCN(CC)C(=O)c1ncccc1C(=O)c1ccccn1. The van der Waals surface area contributed by atoms with Gasteiger partial charge in [-0.05, 0) is 64.1 Å². The lowest BCUT2D eigenvalue weighted by Crippen LogP contribution is -2.32. The molecule has 3 aromatic rings. The van der Waals surface area contributed by atoms with Gasteiger partial charge in [0.1, 0.15) is 17.1 Å². The number of pyridine rings is 3. The highest BCUT2D eigenvalue weighted by molar-refractivity contribution is 6.13. The topological polar surface area (TPSA) is 96.4 Å². The van der Waals surface area contributed by atoms with E-state index in [4.69, 9.17) is 0 Å². The van der Waals surface area contributed by atoms with Crippen LogP contribution in [0.25, 0.3) is 0 Å². The van der Waals surface area contributed by atoms with E-state index in [-0.39, 0.29) is 28.9 Å². The maximum atomic E-state index is 12.5. The van der Waals surface area contributed by atoms with Crippen molar-refractivity contribution >= 4 is 17.6 Å². The average molecular weight is 462 g/mol. The summed E-state index contributed by atoms with van der Waals surface area (Å²) in [4.78, 5) is 52.2. The summed E-state index contributed by atoms with van der Waals surface area (Å²) in [6.07, 6.45) is 4.71. The number of carbonyl (C=O) groups is 3. The van der Waals surface area contributed by atoms with Gasteiger partial charge >= 0.3 is 0 Å². The number of ketones is 1. The number of hydrogen-bond donors (Lipinski definition) is 0. The predicted octanol–water partition coefficient (Wildman–Crippen LogP) is 3.75. The van der Waals surface area contributed by atoms with Crippen LogP contribution in [0.3, 0.4) is 0 Å². The second-order valence-electron chi connectivity index (χ2n) is 7.11. The van der Waals surface area contributed by atoms with Crippen LogP contribution < -0.4 is 0 Å². The Hall–Kier alpha value is -3.94.